The molecule has 7 nitrogen and oxygen atoms in total. The van der Waals surface area contributed by atoms with Gasteiger partial charge < -0.3 is 9.26 Å². The zero-order valence-electron chi connectivity index (χ0n) is 15.7. The molecule has 2 amide bonds. The van der Waals surface area contributed by atoms with Gasteiger partial charge in [-0.2, -0.15) is 0 Å². The van der Waals surface area contributed by atoms with Crippen LogP contribution in [-0.2, 0) is 4.74 Å². The molecule has 2 heterocycles. The van der Waals surface area contributed by atoms with Crippen molar-refractivity contribution in [2.45, 2.75) is 39.5 Å². The fraction of sp³-hybridized carbons (Fsp3) is 0.400. The minimum atomic E-state index is -0.460. The van der Waals surface area contributed by atoms with Gasteiger partial charge >= 0.3 is 5.97 Å². The Morgan fingerprint density at radius 1 is 1.15 bits per heavy atom. The van der Waals surface area contributed by atoms with E-state index in [0.717, 1.165) is 0 Å². The summed E-state index contributed by atoms with van der Waals surface area (Å²) in [7, 11) is 0. The van der Waals surface area contributed by atoms with Gasteiger partial charge in [0.05, 0.1) is 23.4 Å². The first-order valence-electron chi connectivity index (χ1n) is 9.00. The maximum absolute atomic E-state index is 12.3. The van der Waals surface area contributed by atoms with E-state index in [1.807, 2.05) is 13.8 Å². The molecule has 1 aliphatic heterocycles. The number of imide groups is 1. The lowest BCUT2D eigenvalue weighted by atomic mass is 10.1. The summed E-state index contributed by atoms with van der Waals surface area (Å²) in [6, 6.07) is 6.80. The largest absolute Gasteiger partial charge is 0.462 e. The molecule has 0 N–H and O–H groups in total. The Labute approximate surface area is 157 Å². The summed E-state index contributed by atoms with van der Waals surface area (Å²) in [5, 5.41) is 3.83. The van der Waals surface area contributed by atoms with Crippen molar-refractivity contribution in [3.63, 3.8) is 0 Å². The molecule has 0 radical (unpaired) electrons. The summed E-state index contributed by atoms with van der Waals surface area (Å²) in [4.78, 5) is 38.1. The van der Waals surface area contributed by atoms with Gasteiger partial charge in [0, 0.05) is 12.5 Å². The molecular formula is C20H22N2O5. The van der Waals surface area contributed by atoms with Gasteiger partial charge in [0.25, 0.3) is 11.8 Å². The number of rotatable bonds is 7. The second kappa shape index (κ2) is 7.73. The SMILES string of the molecule is Cc1noc(C(C)C)c1C(=O)OCCCCN1C(=O)c2ccccc2C1=O. The van der Waals surface area contributed by atoms with Crippen molar-refractivity contribution in [1.82, 2.24) is 10.1 Å². The Morgan fingerprint density at radius 2 is 1.78 bits per heavy atom. The highest BCUT2D eigenvalue weighted by atomic mass is 16.5. The lowest BCUT2D eigenvalue weighted by Crippen LogP contribution is -2.30. The van der Waals surface area contributed by atoms with Crippen LogP contribution in [0.5, 0.6) is 0 Å². The first-order valence-corrected chi connectivity index (χ1v) is 9.00. The Kier molecular flexibility index (Phi) is 5.39. The van der Waals surface area contributed by atoms with Crippen LogP contribution in [0.1, 0.15) is 75.1 Å². The van der Waals surface area contributed by atoms with E-state index < -0.39 is 5.97 Å². The molecule has 1 aliphatic rings. The first-order chi connectivity index (χ1) is 12.9. The van der Waals surface area contributed by atoms with Gasteiger partial charge in [0.1, 0.15) is 5.56 Å². The Bertz CT molecular complexity index is 849. The van der Waals surface area contributed by atoms with Crippen LogP contribution in [-0.4, -0.2) is 41.0 Å². The number of esters is 1. The van der Waals surface area contributed by atoms with E-state index in [1.54, 1.807) is 31.2 Å². The van der Waals surface area contributed by atoms with E-state index in [9.17, 15) is 14.4 Å². The molecule has 1 aromatic carbocycles. The number of hydrogen-bond acceptors (Lipinski definition) is 6. The zero-order chi connectivity index (χ0) is 19.6. The second-order valence-electron chi connectivity index (χ2n) is 6.81. The van der Waals surface area contributed by atoms with Crippen LogP contribution in [0.2, 0.25) is 0 Å². The maximum atomic E-state index is 12.3. The lowest BCUT2D eigenvalue weighted by Gasteiger charge is -2.13. The van der Waals surface area contributed by atoms with Gasteiger partial charge in [-0.05, 0) is 31.9 Å². The third-order valence-electron chi connectivity index (χ3n) is 4.51. The Hall–Kier alpha value is -2.96. The highest BCUT2D eigenvalue weighted by molar-refractivity contribution is 6.21. The molecule has 0 fully saturated rings. The maximum Gasteiger partial charge on any atom is 0.343 e. The minimum absolute atomic E-state index is 0.0302. The summed E-state index contributed by atoms with van der Waals surface area (Å²) in [5.41, 5.74) is 1.77. The third-order valence-corrected chi connectivity index (χ3v) is 4.51. The molecule has 0 atom stereocenters. The summed E-state index contributed by atoms with van der Waals surface area (Å²) in [6.45, 7) is 6.03. The quantitative estimate of drug-likeness (QED) is 0.422. The number of ether oxygens (including phenoxy) is 1. The summed E-state index contributed by atoms with van der Waals surface area (Å²) >= 11 is 0. The normalized spacial score (nSPS) is 13.4. The summed E-state index contributed by atoms with van der Waals surface area (Å²) in [6.07, 6.45) is 1.10. The van der Waals surface area contributed by atoms with Crippen LogP contribution in [0, 0.1) is 6.92 Å². The molecule has 3 rings (SSSR count). The third kappa shape index (κ3) is 3.63. The average molecular weight is 370 g/mol. The highest BCUT2D eigenvalue weighted by Gasteiger charge is 2.34. The average Bonchev–Trinajstić information content (AvgIpc) is 3.15. The first kappa shape index (κ1) is 18.8. The molecule has 0 aliphatic carbocycles. The molecular weight excluding hydrogens is 348 g/mol. The van der Waals surface area contributed by atoms with Crippen molar-refractivity contribution in [3.05, 3.63) is 52.4 Å². The summed E-state index contributed by atoms with van der Waals surface area (Å²) < 4.78 is 10.5. The van der Waals surface area contributed by atoms with Crippen LogP contribution >= 0.6 is 0 Å². The molecule has 0 bridgehead atoms. The van der Waals surface area contributed by atoms with Crippen molar-refractivity contribution in [2.75, 3.05) is 13.2 Å². The number of fused-ring (bicyclic) bond motifs is 1. The van der Waals surface area contributed by atoms with E-state index in [1.165, 1.54) is 4.90 Å². The van der Waals surface area contributed by atoms with Crippen molar-refractivity contribution < 1.29 is 23.6 Å². The monoisotopic (exact) mass is 370 g/mol. The molecule has 2 aromatic rings. The predicted molar refractivity (Wildman–Crippen MR) is 96.7 cm³/mol. The number of nitrogens with zero attached hydrogens (tertiary/aromatic N) is 2. The highest BCUT2D eigenvalue weighted by Crippen LogP contribution is 2.24. The number of carbonyl (C=O) groups is 3. The number of aromatic nitrogens is 1. The van der Waals surface area contributed by atoms with E-state index in [-0.39, 0.29) is 24.3 Å². The van der Waals surface area contributed by atoms with Gasteiger partial charge in [0.2, 0.25) is 0 Å². The van der Waals surface area contributed by atoms with Crippen LogP contribution in [0.25, 0.3) is 0 Å². The van der Waals surface area contributed by atoms with Gasteiger partial charge in [-0.1, -0.05) is 31.1 Å². The molecule has 142 valence electrons. The molecule has 1 aromatic heterocycles. The number of hydrogen-bond donors (Lipinski definition) is 0. The fourth-order valence-electron chi connectivity index (χ4n) is 3.08. The molecule has 0 saturated carbocycles. The number of aryl methyl sites for hydroxylation is 1. The fourth-order valence-corrected chi connectivity index (χ4v) is 3.08. The van der Waals surface area contributed by atoms with Gasteiger partial charge in [-0.3, -0.25) is 14.5 Å². The molecule has 0 unspecified atom stereocenters. The van der Waals surface area contributed by atoms with Crippen LogP contribution in [0.15, 0.2) is 28.8 Å². The van der Waals surface area contributed by atoms with E-state index in [4.69, 9.17) is 9.26 Å². The number of amides is 2. The standard InChI is InChI=1S/C20H22N2O5/c1-12(2)17-16(13(3)21-27-17)20(25)26-11-7-6-10-22-18(23)14-8-4-5-9-15(14)19(22)24/h4-5,8-9,12H,6-7,10-11H2,1-3H3. The van der Waals surface area contributed by atoms with Crippen molar-refractivity contribution in [1.29, 1.82) is 0 Å². The predicted octanol–water partition coefficient (Wildman–Crippen LogP) is 3.34. The molecule has 27 heavy (non-hydrogen) atoms. The van der Waals surface area contributed by atoms with Crippen molar-refractivity contribution in [3.8, 4) is 0 Å². The van der Waals surface area contributed by atoms with Crippen LogP contribution < -0.4 is 0 Å². The van der Waals surface area contributed by atoms with Crippen molar-refractivity contribution in [2.24, 2.45) is 0 Å². The van der Waals surface area contributed by atoms with E-state index in [2.05, 4.69) is 5.16 Å². The van der Waals surface area contributed by atoms with Gasteiger partial charge in [-0.15, -0.1) is 0 Å². The van der Waals surface area contributed by atoms with Crippen LogP contribution in [0.4, 0.5) is 0 Å². The smallest absolute Gasteiger partial charge is 0.343 e. The lowest BCUT2D eigenvalue weighted by molar-refractivity contribution is 0.0482. The van der Waals surface area contributed by atoms with Gasteiger partial charge in [0.15, 0.2) is 5.76 Å². The topological polar surface area (TPSA) is 89.7 Å². The number of benzene rings is 1. The molecule has 0 spiro atoms. The minimum Gasteiger partial charge on any atom is -0.462 e. The molecule has 7 heteroatoms. The number of carbonyl (C=O) groups excluding carboxylic acids is 3. The summed E-state index contributed by atoms with van der Waals surface area (Å²) in [5.74, 6) is -0.451. The van der Waals surface area contributed by atoms with E-state index in [0.29, 0.717) is 47.5 Å². The van der Waals surface area contributed by atoms with Crippen LogP contribution in [0.3, 0.4) is 0 Å². The van der Waals surface area contributed by atoms with Crippen molar-refractivity contribution >= 4 is 17.8 Å². The van der Waals surface area contributed by atoms with E-state index >= 15 is 0 Å². The number of unbranched alkanes of at least 4 members (excludes halogenated alkanes) is 1. The van der Waals surface area contributed by atoms with Gasteiger partial charge in [-0.25, -0.2) is 4.79 Å². The second-order valence-corrected chi connectivity index (χ2v) is 6.81. The zero-order valence-corrected chi connectivity index (χ0v) is 15.7. The Morgan fingerprint density at radius 3 is 2.37 bits per heavy atom. The molecule has 0 saturated heterocycles. The Balaban J connectivity index is 1.48.